The van der Waals surface area contributed by atoms with Crippen LogP contribution in [0.15, 0.2) is 0 Å². The van der Waals surface area contributed by atoms with Gasteiger partial charge in [0.1, 0.15) is 11.6 Å². The maximum Gasteiger partial charge on any atom is 0.408 e. The lowest BCUT2D eigenvalue weighted by molar-refractivity contribution is -0.140. The maximum absolute atomic E-state index is 11.6. The fourth-order valence-corrected chi connectivity index (χ4v) is 2.04. The van der Waals surface area contributed by atoms with Crippen LogP contribution in [-0.2, 0) is 9.53 Å². The van der Waals surface area contributed by atoms with Gasteiger partial charge in [0.05, 0.1) is 0 Å². The molecule has 1 aliphatic heterocycles. The summed E-state index contributed by atoms with van der Waals surface area (Å²) in [6.07, 6.45) is 2.67. The minimum atomic E-state index is -1.03. The van der Waals surface area contributed by atoms with E-state index in [9.17, 15) is 9.59 Å². The molecule has 1 saturated heterocycles. The van der Waals surface area contributed by atoms with E-state index in [1.54, 1.807) is 20.8 Å². The minimum Gasteiger partial charge on any atom is -0.480 e. The first-order chi connectivity index (χ1) is 8.78. The molecule has 110 valence electrons. The van der Waals surface area contributed by atoms with Gasteiger partial charge in [0.25, 0.3) is 0 Å². The summed E-state index contributed by atoms with van der Waals surface area (Å²) >= 11 is 0. The zero-order chi connectivity index (χ0) is 14.5. The van der Waals surface area contributed by atoms with E-state index in [4.69, 9.17) is 9.84 Å². The van der Waals surface area contributed by atoms with E-state index in [1.807, 2.05) is 0 Å². The summed E-state index contributed by atoms with van der Waals surface area (Å²) in [5, 5.41) is 11.6. The Bertz CT molecular complexity index is 319. The molecule has 1 rings (SSSR count). The monoisotopic (exact) mass is 272 g/mol. The number of aliphatic carboxylic acids is 1. The third-order valence-electron chi connectivity index (χ3n) is 2.88. The molecule has 1 fully saturated rings. The lowest BCUT2D eigenvalue weighted by Crippen LogP contribution is -2.50. The van der Waals surface area contributed by atoms with Gasteiger partial charge in [-0.3, -0.25) is 0 Å². The van der Waals surface area contributed by atoms with Crippen molar-refractivity contribution in [3.63, 3.8) is 0 Å². The molecule has 1 heterocycles. The Morgan fingerprint density at radius 3 is 2.32 bits per heavy atom. The van der Waals surface area contributed by atoms with Crippen molar-refractivity contribution in [2.24, 2.45) is 0 Å². The molecule has 19 heavy (non-hydrogen) atoms. The number of carbonyl (C=O) groups is 2. The highest BCUT2D eigenvalue weighted by atomic mass is 16.6. The number of carbonyl (C=O) groups excluding carboxylic acids is 1. The molecule has 0 aromatic heterocycles. The molecule has 0 bridgehead atoms. The number of piperidine rings is 1. The van der Waals surface area contributed by atoms with Crippen LogP contribution in [0, 0.1) is 0 Å². The number of hydrogen-bond acceptors (Lipinski definition) is 4. The number of carboxylic acids is 1. The maximum atomic E-state index is 11.6. The standard InChI is InChI=1S/C13H24N2O4/c1-13(2,3)19-12(18)14-10(11(16)17)9-15-7-5-4-6-8-15/h10H,4-9H2,1-3H3,(H,14,18)(H,16,17)/t10-/m1/s1. The molecule has 1 atom stereocenters. The minimum absolute atomic E-state index is 0.328. The van der Waals surface area contributed by atoms with E-state index in [0.29, 0.717) is 6.54 Å². The number of hydrogen-bond donors (Lipinski definition) is 2. The van der Waals surface area contributed by atoms with Gasteiger partial charge in [-0.2, -0.15) is 0 Å². The Morgan fingerprint density at radius 2 is 1.84 bits per heavy atom. The highest BCUT2D eigenvalue weighted by molar-refractivity contribution is 5.80. The topological polar surface area (TPSA) is 78.9 Å². The predicted octanol–water partition coefficient (Wildman–Crippen LogP) is 1.45. The van der Waals surface area contributed by atoms with Crippen LogP contribution in [-0.4, -0.2) is 53.3 Å². The Labute approximate surface area is 114 Å². The second kappa shape index (κ2) is 6.75. The predicted molar refractivity (Wildman–Crippen MR) is 71.1 cm³/mol. The molecule has 2 N–H and O–H groups in total. The van der Waals surface area contributed by atoms with E-state index in [0.717, 1.165) is 25.9 Å². The molecule has 0 spiro atoms. The number of ether oxygens (including phenoxy) is 1. The van der Waals surface area contributed by atoms with Crippen molar-refractivity contribution in [2.45, 2.75) is 51.7 Å². The van der Waals surface area contributed by atoms with Crippen LogP contribution in [0.4, 0.5) is 4.79 Å². The van der Waals surface area contributed by atoms with Gasteiger partial charge in [-0.25, -0.2) is 9.59 Å². The average Bonchev–Trinajstić information content (AvgIpc) is 2.26. The van der Waals surface area contributed by atoms with Crippen molar-refractivity contribution < 1.29 is 19.4 Å². The second-order valence-electron chi connectivity index (χ2n) is 5.90. The van der Waals surface area contributed by atoms with E-state index in [-0.39, 0.29) is 0 Å². The Kier molecular flexibility index (Phi) is 5.60. The summed E-state index contributed by atoms with van der Waals surface area (Å²) in [6, 6.07) is -0.923. The fraction of sp³-hybridized carbons (Fsp3) is 0.846. The van der Waals surface area contributed by atoms with Gasteiger partial charge in [-0.05, 0) is 46.7 Å². The zero-order valence-electron chi connectivity index (χ0n) is 11.9. The Morgan fingerprint density at radius 1 is 1.26 bits per heavy atom. The number of alkyl carbamates (subject to hydrolysis) is 1. The van der Waals surface area contributed by atoms with Crippen LogP contribution in [0.2, 0.25) is 0 Å². The van der Waals surface area contributed by atoms with Gasteiger partial charge >= 0.3 is 12.1 Å². The molecular weight excluding hydrogens is 248 g/mol. The summed E-state index contributed by atoms with van der Waals surface area (Å²) in [5.74, 6) is -1.03. The molecule has 6 heteroatoms. The second-order valence-corrected chi connectivity index (χ2v) is 5.90. The molecule has 0 unspecified atom stereocenters. The molecular formula is C13H24N2O4. The number of amides is 1. The van der Waals surface area contributed by atoms with Gasteiger partial charge in [-0.15, -0.1) is 0 Å². The van der Waals surface area contributed by atoms with Crippen LogP contribution in [0.5, 0.6) is 0 Å². The van der Waals surface area contributed by atoms with Crippen molar-refractivity contribution in [3.8, 4) is 0 Å². The largest absolute Gasteiger partial charge is 0.480 e. The summed E-state index contributed by atoms with van der Waals surface area (Å²) in [5.41, 5.74) is -0.627. The van der Waals surface area contributed by atoms with Crippen LogP contribution in [0.1, 0.15) is 40.0 Å². The molecule has 6 nitrogen and oxygen atoms in total. The van der Waals surface area contributed by atoms with Crippen molar-refractivity contribution >= 4 is 12.1 Å². The number of likely N-dealkylation sites (tertiary alicyclic amines) is 1. The molecule has 0 saturated carbocycles. The van der Waals surface area contributed by atoms with Crippen molar-refractivity contribution in [2.75, 3.05) is 19.6 Å². The summed E-state index contributed by atoms with van der Waals surface area (Å²) in [7, 11) is 0. The molecule has 0 aromatic rings. The number of nitrogens with zero attached hydrogens (tertiary/aromatic N) is 1. The van der Waals surface area contributed by atoms with Crippen molar-refractivity contribution in [3.05, 3.63) is 0 Å². The summed E-state index contributed by atoms with van der Waals surface area (Å²) < 4.78 is 5.08. The van der Waals surface area contributed by atoms with E-state index in [2.05, 4.69) is 10.2 Å². The quantitative estimate of drug-likeness (QED) is 0.810. The van der Waals surface area contributed by atoms with Gasteiger partial charge in [0.2, 0.25) is 0 Å². The highest BCUT2D eigenvalue weighted by Gasteiger charge is 2.26. The van der Waals surface area contributed by atoms with Gasteiger partial charge < -0.3 is 20.1 Å². The van der Waals surface area contributed by atoms with Crippen LogP contribution in [0.25, 0.3) is 0 Å². The SMILES string of the molecule is CC(C)(C)OC(=O)N[C@H](CN1CCCCC1)C(=O)O. The third-order valence-corrected chi connectivity index (χ3v) is 2.88. The fourth-order valence-electron chi connectivity index (χ4n) is 2.04. The smallest absolute Gasteiger partial charge is 0.408 e. The van der Waals surface area contributed by atoms with Crippen molar-refractivity contribution in [1.29, 1.82) is 0 Å². The van der Waals surface area contributed by atoms with Gasteiger partial charge in [-0.1, -0.05) is 6.42 Å². The lowest BCUT2D eigenvalue weighted by atomic mass is 10.1. The number of carboxylic acid groups (broad SMARTS) is 1. The normalized spacial score (nSPS) is 18.7. The van der Waals surface area contributed by atoms with E-state index >= 15 is 0 Å². The van der Waals surface area contributed by atoms with Crippen LogP contribution < -0.4 is 5.32 Å². The highest BCUT2D eigenvalue weighted by Crippen LogP contribution is 2.10. The molecule has 0 aromatic carbocycles. The van der Waals surface area contributed by atoms with Crippen LogP contribution in [0.3, 0.4) is 0 Å². The van der Waals surface area contributed by atoms with Gasteiger partial charge in [0, 0.05) is 6.54 Å². The van der Waals surface area contributed by atoms with Gasteiger partial charge in [0.15, 0.2) is 0 Å². The molecule has 0 aliphatic carbocycles. The third kappa shape index (κ3) is 6.42. The van der Waals surface area contributed by atoms with E-state index < -0.39 is 23.7 Å². The zero-order valence-corrected chi connectivity index (χ0v) is 11.9. The molecule has 1 amide bonds. The molecule has 1 aliphatic rings. The first kappa shape index (κ1) is 15.8. The molecule has 0 radical (unpaired) electrons. The Balaban J connectivity index is 2.48. The Hall–Kier alpha value is -1.30. The van der Waals surface area contributed by atoms with Crippen molar-refractivity contribution in [1.82, 2.24) is 10.2 Å². The van der Waals surface area contributed by atoms with E-state index in [1.165, 1.54) is 6.42 Å². The number of rotatable bonds is 4. The number of nitrogens with one attached hydrogen (secondary N) is 1. The first-order valence-corrected chi connectivity index (χ1v) is 6.72. The first-order valence-electron chi connectivity index (χ1n) is 6.72. The summed E-state index contributed by atoms with van der Waals surface area (Å²) in [6.45, 7) is 7.33. The summed E-state index contributed by atoms with van der Waals surface area (Å²) in [4.78, 5) is 24.8. The average molecular weight is 272 g/mol. The van der Waals surface area contributed by atoms with Crippen LogP contribution >= 0.6 is 0 Å². The lowest BCUT2D eigenvalue weighted by Gasteiger charge is -2.29.